The van der Waals surface area contributed by atoms with Crippen LogP contribution in [0.15, 0.2) is 22.7 Å². The molecule has 1 fully saturated rings. The smallest absolute Gasteiger partial charge is 0.236 e. The normalized spacial score (nSPS) is 17.9. The molecule has 0 spiro atoms. The van der Waals surface area contributed by atoms with E-state index in [1.165, 1.54) is 12.1 Å². The lowest BCUT2D eigenvalue weighted by molar-refractivity contribution is -0.129. The molecule has 98 valence electrons. The number of carbonyl (C=O) groups excluding carboxylic acids is 1. The number of nitrogens with zero attached hydrogens (tertiary/aromatic N) is 2. The number of hydrogen-bond acceptors (Lipinski definition) is 2. The van der Waals surface area contributed by atoms with Gasteiger partial charge in [-0.1, -0.05) is 15.9 Å². The Morgan fingerprint density at radius 1 is 1.33 bits per heavy atom. The van der Waals surface area contributed by atoms with Gasteiger partial charge in [0.15, 0.2) is 0 Å². The number of amides is 1. The van der Waals surface area contributed by atoms with Crippen LogP contribution in [-0.2, 0) is 11.3 Å². The monoisotopic (exact) mass is 314 g/mol. The van der Waals surface area contributed by atoms with Crippen LogP contribution < -0.4 is 0 Å². The predicted octanol–water partition coefficient (Wildman–Crippen LogP) is 2.25. The van der Waals surface area contributed by atoms with Crippen molar-refractivity contribution in [1.82, 2.24) is 9.80 Å². The van der Waals surface area contributed by atoms with Gasteiger partial charge in [-0.3, -0.25) is 9.69 Å². The fourth-order valence-electron chi connectivity index (χ4n) is 2.14. The first kappa shape index (κ1) is 13.5. The maximum absolute atomic E-state index is 13.3. The van der Waals surface area contributed by atoms with Gasteiger partial charge < -0.3 is 4.90 Å². The van der Waals surface area contributed by atoms with Crippen molar-refractivity contribution in [1.29, 1.82) is 0 Å². The highest BCUT2D eigenvalue weighted by atomic mass is 79.9. The Morgan fingerprint density at radius 3 is 2.83 bits per heavy atom. The van der Waals surface area contributed by atoms with Crippen molar-refractivity contribution in [3.05, 3.63) is 34.1 Å². The third kappa shape index (κ3) is 3.53. The fraction of sp³-hybridized carbons (Fsp3) is 0.462. The van der Waals surface area contributed by atoms with Gasteiger partial charge in [-0.15, -0.1) is 0 Å². The van der Waals surface area contributed by atoms with E-state index < -0.39 is 0 Å². The summed E-state index contributed by atoms with van der Waals surface area (Å²) in [6.45, 7) is 2.67. The summed E-state index contributed by atoms with van der Waals surface area (Å²) >= 11 is 3.28. The molecule has 1 aromatic rings. The Morgan fingerprint density at radius 2 is 2.11 bits per heavy atom. The summed E-state index contributed by atoms with van der Waals surface area (Å²) in [6, 6.07) is 4.84. The molecule has 0 radical (unpaired) electrons. The zero-order chi connectivity index (χ0) is 13.1. The molecule has 3 nitrogen and oxygen atoms in total. The molecule has 0 N–H and O–H groups in total. The van der Waals surface area contributed by atoms with Gasteiger partial charge in [0.2, 0.25) is 5.91 Å². The summed E-state index contributed by atoms with van der Waals surface area (Å²) in [4.78, 5) is 15.6. The Labute approximate surface area is 115 Å². The standard InChI is InChI=1S/C13H16BrFN2O/c1-16-3-2-4-17(9-13(16)18)8-10-5-11(14)7-12(15)6-10/h5-7H,2-4,8-9H2,1H3. The molecule has 1 aromatic carbocycles. The lowest BCUT2D eigenvalue weighted by Crippen LogP contribution is -2.34. The molecule has 5 heteroatoms. The van der Waals surface area contributed by atoms with Crippen molar-refractivity contribution in [3.8, 4) is 0 Å². The van der Waals surface area contributed by atoms with E-state index in [2.05, 4.69) is 20.8 Å². The third-order valence-electron chi connectivity index (χ3n) is 3.08. The second-order valence-corrected chi connectivity index (χ2v) is 5.57. The number of likely N-dealkylation sites (N-methyl/N-ethyl adjacent to an activating group) is 1. The van der Waals surface area contributed by atoms with Gasteiger partial charge in [-0.05, 0) is 30.2 Å². The van der Waals surface area contributed by atoms with Gasteiger partial charge in [0, 0.05) is 31.2 Å². The third-order valence-corrected chi connectivity index (χ3v) is 3.54. The Balaban J connectivity index is 2.06. The molecule has 2 rings (SSSR count). The zero-order valence-electron chi connectivity index (χ0n) is 10.3. The van der Waals surface area contributed by atoms with Gasteiger partial charge in [-0.2, -0.15) is 0 Å². The molecule has 0 bridgehead atoms. The first-order valence-electron chi connectivity index (χ1n) is 5.96. The molecule has 1 aliphatic rings. The second kappa shape index (κ2) is 5.80. The minimum absolute atomic E-state index is 0.128. The van der Waals surface area contributed by atoms with E-state index in [4.69, 9.17) is 0 Å². The van der Waals surface area contributed by atoms with Crippen LogP contribution in [0, 0.1) is 5.82 Å². The van der Waals surface area contributed by atoms with Crippen LogP contribution in [0.25, 0.3) is 0 Å². The molecule has 1 heterocycles. The van der Waals surface area contributed by atoms with Gasteiger partial charge in [0.1, 0.15) is 5.82 Å². The Hall–Kier alpha value is -0.940. The summed E-state index contributed by atoms with van der Waals surface area (Å²) in [5, 5.41) is 0. The topological polar surface area (TPSA) is 23.6 Å². The highest BCUT2D eigenvalue weighted by Crippen LogP contribution is 2.17. The first-order chi connectivity index (χ1) is 8.54. The quantitative estimate of drug-likeness (QED) is 0.836. The van der Waals surface area contributed by atoms with Crippen LogP contribution >= 0.6 is 15.9 Å². The number of carbonyl (C=O) groups is 1. The molecule has 1 amide bonds. The number of rotatable bonds is 2. The SMILES string of the molecule is CN1CCCN(Cc2cc(F)cc(Br)c2)CC1=O. The molecular formula is C13H16BrFN2O. The Bertz CT molecular complexity index is 432. The predicted molar refractivity (Wildman–Crippen MR) is 71.6 cm³/mol. The van der Waals surface area contributed by atoms with Crippen molar-refractivity contribution in [2.75, 3.05) is 26.7 Å². The first-order valence-corrected chi connectivity index (χ1v) is 6.75. The molecular weight excluding hydrogens is 299 g/mol. The van der Waals surface area contributed by atoms with Gasteiger partial charge in [0.05, 0.1) is 6.54 Å². The van der Waals surface area contributed by atoms with Crippen LogP contribution in [0.2, 0.25) is 0 Å². The summed E-state index contributed by atoms with van der Waals surface area (Å²) < 4.78 is 14.0. The van der Waals surface area contributed by atoms with Crippen LogP contribution in [0.4, 0.5) is 4.39 Å². The minimum atomic E-state index is -0.252. The number of benzene rings is 1. The largest absolute Gasteiger partial charge is 0.345 e. The van der Waals surface area contributed by atoms with E-state index in [1.54, 1.807) is 4.90 Å². The van der Waals surface area contributed by atoms with E-state index in [0.717, 1.165) is 29.5 Å². The van der Waals surface area contributed by atoms with Gasteiger partial charge in [0.25, 0.3) is 0 Å². The Kier molecular flexibility index (Phi) is 4.35. The van der Waals surface area contributed by atoms with E-state index in [1.807, 2.05) is 13.1 Å². The second-order valence-electron chi connectivity index (χ2n) is 4.66. The lowest BCUT2D eigenvalue weighted by Gasteiger charge is -2.19. The van der Waals surface area contributed by atoms with E-state index in [-0.39, 0.29) is 11.7 Å². The molecule has 0 aliphatic carbocycles. The molecule has 18 heavy (non-hydrogen) atoms. The van der Waals surface area contributed by atoms with Crippen LogP contribution in [-0.4, -0.2) is 42.4 Å². The minimum Gasteiger partial charge on any atom is -0.345 e. The van der Waals surface area contributed by atoms with E-state index in [0.29, 0.717) is 13.1 Å². The van der Waals surface area contributed by atoms with E-state index >= 15 is 0 Å². The average molecular weight is 315 g/mol. The average Bonchev–Trinajstić information content (AvgIpc) is 2.40. The van der Waals surface area contributed by atoms with E-state index in [9.17, 15) is 9.18 Å². The van der Waals surface area contributed by atoms with Gasteiger partial charge >= 0.3 is 0 Å². The molecule has 0 atom stereocenters. The van der Waals surface area contributed by atoms with Crippen molar-refractivity contribution >= 4 is 21.8 Å². The summed E-state index contributed by atoms with van der Waals surface area (Å²) in [5.74, 6) is -0.124. The molecule has 1 aliphatic heterocycles. The summed E-state index contributed by atoms with van der Waals surface area (Å²) in [5.41, 5.74) is 0.888. The van der Waals surface area contributed by atoms with Crippen LogP contribution in [0.3, 0.4) is 0 Å². The lowest BCUT2D eigenvalue weighted by atomic mass is 10.2. The highest BCUT2D eigenvalue weighted by molar-refractivity contribution is 9.10. The van der Waals surface area contributed by atoms with Crippen molar-refractivity contribution in [3.63, 3.8) is 0 Å². The maximum atomic E-state index is 13.3. The fourth-order valence-corrected chi connectivity index (χ4v) is 2.66. The summed E-state index contributed by atoms with van der Waals surface area (Å²) in [7, 11) is 1.82. The number of halogens is 2. The van der Waals surface area contributed by atoms with Crippen molar-refractivity contribution in [2.24, 2.45) is 0 Å². The summed E-state index contributed by atoms with van der Waals surface area (Å²) in [6.07, 6.45) is 0.957. The molecule has 1 saturated heterocycles. The molecule has 0 unspecified atom stereocenters. The van der Waals surface area contributed by atoms with Crippen molar-refractivity contribution in [2.45, 2.75) is 13.0 Å². The number of hydrogen-bond donors (Lipinski definition) is 0. The zero-order valence-corrected chi connectivity index (χ0v) is 11.9. The maximum Gasteiger partial charge on any atom is 0.236 e. The highest BCUT2D eigenvalue weighted by Gasteiger charge is 2.18. The molecule has 0 aromatic heterocycles. The van der Waals surface area contributed by atoms with Gasteiger partial charge in [-0.25, -0.2) is 4.39 Å². The van der Waals surface area contributed by atoms with Crippen LogP contribution in [0.5, 0.6) is 0 Å². The molecule has 0 saturated carbocycles. The van der Waals surface area contributed by atoms with Crippen LogP contribution in [0.1, 0.15) is 12.0 Å². The van der Waals surface area contributed by atoms with Crippen molar-refractivity contribution < 1.29 is 9.18 Å².